The van der Waals surface area contributed by atoms with Crippen LogP contribution in [0.15, 0.2) is 18.2 Å². The van der Waals surface area contributed by atoms with Crippen molar-refractivity contribution in [1.29, 1.82) is 0 Å². The van der Waals surface area contributed by atoms with Gasteiger partial charge in [0.25, 0.3) is 8.32 Å². The maximum Gasteiger partial charge on any atom is 0.333 e. The van der Waals surface area contributed by atoms with E-state index >= 15 is 0 Å². The fourth-order valence-electron chi connectivity index (χ4n) is 1.84. The highest BCUT2D eigenvalue weighted by Crippen LogP contribution is 2.40. The Balaban J connectivity index is 3.03. The molecular formula is C17H28O5Si. The quantitative estimate of drug-likeness (QED) is 0.766. The smallest absolute Gasteiger partial charge is 0.333 e. The van der Waals surface area contributed by atoms with Crippen molar-refractivity contribution in [3.63, 3.8) is 0 Å². The van der Waals surface area contributed by atoms with Crippen molar-refractivity contribution >= 4 is 14.3 Å². The van der Waals surface area contributed by atoms with E-state index < -0.39 is 20.4 Å². The van der Waals surface area contributed by atoms with Crippen LogP contribution in [0, 0.1) is 0 Å². The topological polar surface area (TPSA) is 65.0 Å². The molecule has 0 unspecified atom stereocenters. The largest absolute Gasteiger partial charge is 0.541 e. The molecule has 1 aromatic rings. The summed E-state index contributed by atoms with van der Waals surface area (Å²) in [5.41, 5.74) is 0.832. The normalized spacial score (nSPS) is 13.5. The molecule has 0 bridgehead atoms. The summed E-state index contributed by atoms with van der Waals surface area (Å²) in [6, 6.07) is 5.53. The van der Waals surface area contributed by atoms with Crippen LogP contribution in [0.4, 0.5) is 0 Å². The summed E-state index contributed by atoms with van der Waals surface area (Å²) < 4.78 is 16.7. The van der Waals surface area contributed by atoms with Crippen molar-refractivity contribution < 1.29 is 23.8 Å². The van der Waals surface area contributed by atoms with Gasteiger partial charge in [-0.2, -0.15) is 0 Å². The van der Waals surface area contributed by atoms with E-state index in [1.807, 2.05) is 18.2 Å². The monoisotopic (exact) mass is 340 g/mol. The molecule has 0 radical (unpaired) electrons. The molecule has 5 nitrogen and oxygen atoms in total. The molecule has 6 heteroatoms. The van der Waals surface area contributed by atoms with Gasteiger partial charge in [0.2, 0.25) is 0 Å². The minimum Gasteiger partial charge on any atom is -0.541 e. The number of carboxylic acid groups (broad SMARTS) is 1. The first-order chi connectivity index (χ1) is 10.5. The molecule has 1 rings (SSSR count). The van der Waals surface area contributed by atoms with E-state index in [0.29, 0.717) is 11.5 Å². The molecule has 0 aromatic heterocycles. The van der Waals surface area contributed by atoms with Crippen LogP contribution in [0.2, 0.25) is 18.1 Å². The molecule has 0 fully saturated rings. The zero-order valence-electron chi connectivity index (χ0n) is 15.1. The Kier molecular flexibility index (Phi) is 6.24. The molecule has 0 spiro atoms. The number of benzene rings is 1. The van der Waals surface area contributed by atoms with Gasteiger partial charge in [-0.25, -0.2) is 4.79 Å². The van der Waals surface area contributed by atoms with E-state index in [9.17, 15) is 4.79 Å². The lowest BCUT2D eigenvalue weighted by Crippen LogP contribution is -2.43. The molecular weight excluding hydrogens is 312 g/mol. The van der Waals surface area contributed by atoms with Gasteiger partial charge in [0, 0.05) is 13.5 Å². The Morgan fingerprint density at radius 1 is 1.22 bits per heavy atom. The van der Waals surface area contributed by atoms with Crippen LogP contribution in [0.25, 0.3) is 0 Å². The minimum absolute atomic E-state index is 0.0845. The van der Waals surface area contributed by atoms with Gasteiger partial charge >= 0.3 is 5.97 Å². The fourth-order valence-corrected chi connectivity index (χ4v) is 2.86. The first-order valence-electron chi connectivity index (χ1n) is 7.63. The van der Waals surface area contributed by atoms with Gasteiger partial charge in [0.1, 0.15) is 5.75 Å². The Bertz CT molecular complexity index is 548. The van der Waals surface area contributed by atoms with Crippen molar-refractivity contribution in [2.75, 3.05) is 14.2 Å². The fraction of sp³-hybridized carbons (Fsp3) is 0.588. The number of hydrogen-bond acceptors (Lipinski definition) is 4. The number of methoxy groups -OCH3 is 2. The van der Waals surface area contributed by atoms with Gasteiger partial charge in [-0.3, -0.25) is 0 Å². The van der Waals surface area contributed by atoms with E-state index in [-0.39, 0.29) is 11.5 Å². The maximum absolute atomic E-state index is 11.1. The highest BCUT2D eigenvalue weighted by molar-refractivity contribution is 6.74. The second-order valence-corrected chi connectivity index (χ2v) is 11.8. The van der Waals surface area contributed by atoms with Gasteiger partial charge in [-0.15, -0.1) is 0 Å². The average molecular weight is 340 g/mol. The molecule has 0 aliphatic carbocycles. The molecule has 0 heterocycles. The lowest BCUT2D eigenvalue weighted by molar-refractivity contribution is -0.148. The number of carboxylic acids is 1. The molecule has 0 amide bonds. The minimum atomic E-state index is -1.97. The predicted octanol–water partition coefficient (Wildman–Crippen LogP) is 3.72. The Labute approximate surface area is 139 Å². The molecule has 130 valence electrons. The van der Waals surface area contributed by atoms with Crippen LogP contribution < -0.4 is 9.16 Å². The van der Waals surface area contributed by atoms with Gasteiger partial charge < -0.3 is 19.0 Å². The van der Waals surface area contributed by atoms with Crippen molar-refractivity contribution in [3.8, 4) is 11.5 Å². The summed E-state index contributed by atoms with van der Waals surface area (Å²) in [5, 5.41) is 9.17. The lowest BCUT2D eigenvalue weighted by Gasteiger charge is -2.36. The zero-order chi connectivity index (χ0) is 17.8. The second-order valence-electron chi connectivity index (χ2n) is 7.11. The molecule has 0 aliphatic rings. The van der Waals surface area contributed by atoms with Crippen molar-refractivity contribution in [3.05, 3.63) is 23.8 Å². The van der Waals surface area contributed by atoms with Gasteiger partial charge in [0.05, 0.1) is 7.11 Å². The number of rotatable bonds is 7. The number of carbonyl (C=O) groups is 1. The standard InChI is InChI=1S/C17H28O5Si/c1-17(2,3)23(6,7)22-13-9-8-12(10-14(13)20-4)11-15(21-5)16(18)19/h8-10,15H,11H2,1-7H3,(H,18,19)/t15-/m0/s1. The third kappa shape index (κ3) is 4.97. The summed E-state index contributed by atoms with van der Waals surface area (Å²) in [7, 11) is 1.01. The van der Waals surface area contributed by atoms with E-state index in [1.165, 1.54) is 7.11 Å². The van der Waals surface area contributed by atoms with Crippen molar-refractivity contribution in [2.45, 2.75) is 51.4 Å². The third-order valence-electron chi connectivity index (χ3n) is 4.38. The summed E-state index contributed by atoms with van der Waals surface area (Å²) in [4.78, 5) is 11.1. The highest BCUT2D eigenvalue weighted by atomic mass is 28.4. The first kappa shape index (κ1) is 19.5. The van der Waals surface area contributed by atoms with E-state index in [1.54, 1.807) is 7.11 Å². The Morgan fingerprint density at radius 2 is 1.83 bits per heavy atom. The summed E-state index contributed by atoms with van der Waals surface area (Å²) in [6.07, 6.45) is -0.588. The van der Waals surface area contributed by atoms with Crippen LogP contribution in [-0.4, -0.2) is 39.7 Å². The first-order valence-corrected chi connectivity index (χ1v) is 10.5. The number of aliphatic carboxylic acids is 1. The van der Waals surface area contributed by atoms with Gasteiger partial charge in [0.15, 0.2) is 11.9 Å². The van der Waals surface area contributed by atoms with E-state index in [4.69, 9.17) is 19.0 Å². The number of ether oxygens (including phenoxy) is 2. The predicted molar refractivity (Wildman–Crippen MR) is 93.0 cm³/mol. The average Bonchev–Trinajstić information content (AvgIpc) is 2.44. The Morgan fingerprint density at radius 3 is 2.26 bits per heavy atom. The van der Waals surface area contributed by atoms with Crippen molar-refractivity contribution in [2.24, 2.45) is 0 Å². The lowest BCUT2D eigenvalue weighted by atomic mass is 10.1. The SMILES string of the molecule is COc1cc(C[C@H](OC)C(=O)O)ccc1O[Si](C)(C)C(C)(C)C. The molecule has 1 aromatic carbocycles. The van der Waals surface area contributed by atoms with Crippen LogP contribution in [0.3, 0.4) is 0 Å². The molecule has 0 saturated carbocycles. The third-order valence-corrected chi connectivity index (χ3v) is 8.72. The van der Waals surface area contributed by atoms with Gasteiger partial charge in [-0.1, -0.05) is 26.8 Å². The zero-order valence-corrected chi connectivity index (χ0v) is 16.1. The molecule has 23 heavy (non-hydrogen) atoms. The van der Waals surface area contributed by atoms with Crippen LogP contribution in [0.1, 0.15) is 26.3 Å². The van der Waals surface area contributed by atoms with Crippen LogP contribution in [0.5, 0.6) is 11.5 Å². The van der Waals surface area contributed by atoms with Crippen molar-refractivity contribution in [1.82, 2.24) is 0 Å². The summed E-state index contributed by atoms with van der Waals surface area (Å²) >= 11 is 0. The molecule has 0 saturated heterocycles. The van der Waals surface area contributed by atoms with E-state index in [2.05, 4.69) is 33.9 Å². The second kappa shape index (κ2) is 7.36. The van der Waals surface area contributed by atoms with Crippen LogP contribution in [-0.2, 0) is 16.0 Å². The highest BCUT2D eigenvalue weighted by Gasteiger charge is 2.39. The molecule has 1 atom stereocenters. The van der Waals surface area contributed by atoms with Crippen LogP contribution >= 0.6 is 0 Å². The van der Waals surface area contributed by atoms with Gasteiger partial charge in [-0.05, 0) is 35.8 Å². The molecule has 0 aliphatic heterocycles. The van der Waals surface area contributed by atoms with E-state index in [0.717, 1.165) is 5.56 Å². The summed E-state index contributed by atoms with van der Waals surface area (Å²) in [5.74, 6) is 0.341. The molecule has 1 N–H and O–H groups in total. The summed E-state index contributed by atoms with van der Waals surface area (Å²) in [6.45, 7) is 10.9. The Hall–Kier alpha value is -1.53. The maximum atomic E-state index is 11.1. The number of hydrogen-bond donors (Lipinski definition) is 1.